The molecule has 7 heteroatoms. The second-order valence-corrected chi connectivity index (χ2v) is 5.93. The number of benzene rings is 1. The molecule has 1 unspecified atom stereocenters. The van der Waals surface area contributed by atoms with Crippen LogP contribution in [0.15, 0.2) is 30.3 Å². The Morgan fingerprint density at radius 1 is 1.33 bits per heavy atom. The molecular formula is C17H23N5O2. The number of aliphatic hydroxyl groups excluding tert-OH is 1. The second-order valence-electron chi connectivity index (χ2n) is 5.93. The summed E-state index contributed by atoms with van der Waals surface area (Å²) >= 11 is 0. The SMILES string of the molecule is Cc1nnnn1C(=Cc1ccccc1)C(=O)NCCC(O)C(C)C. The van der Waals surface area contributed by atoms with Gasteiger partial charge >= 0.3 is 0 Å². The summed E-state index contributed by atoms with van der Waals surface area (Å²) in [4.78, 5) is 12.6. The average Bonchev–Trinajstić information content (AvgIpc) is 2.99. The van der Waals surface area contributed by atoms with Crippen LogP contribution in [0.25, 0.3) is 11.8 Å². The highest BCUT2D eigenvalue weighted by Gasteiger charge is 2.17. The Labute approximate surface area is 141 Å². The Morgan fingerprint density at radius 2 is 2.04 bits per heavy atom. The van der Waals surface area contributed by atoms with Crippen molar-refractivity contribution in [2.75, 3.05) is 6.54 Å². The van der Waals surface area contributed by atoms with E-state index in [1.54, 1.807) is 13.0 Å². The van der Waals surface area contributed by atoms with Gasteiger partial charge in [0.15, 0.2) is 5.82 Å². The van der Waals surface area contributed by atoms with Crippen molar-refractivity contribution in [3.63, 3.8) is 0 Å². The van der Waals surface area contributed by atoms with Gasteiger partial charge in [0.25, 0.3) is 5.91 Å². The fraction of sp³-hybridized carbons (Fsp3) is 0.412. The number of hydrogen-bond donors (Lipinski definition) is 2. The highest BCUT2D eigenvalue weighted by atomic mass is 16.3. The molecular weight excluding hydrogens is 306 g/mol. The van der Waals surface area contributed by atoms with Gasteiger partial charge in [0.1, 0.15) is 5.70 Å². The van der Waals surface area contributed by atoms with Gasteiger partial charge in [0.05, 0.1) is 6.10 Å². The van der Waals surface area contributed by atoms with E-state index < -0.39 is 6.10 Å². The first kappa shape index (κ1) is 17.8. The van der Waals surface area contributed by atoms with Gasteiger partial charge in [-0.25, -0.2) is 0 Å². The normalized spacial score (nSPS) is 13.1. The molecule has 128 valence electrons. The fourth-order valence-electron chi connectivity index (χ4n) is 2.14. The summed E-state index contributed by atoms with van der Waals surface area (Å²) in [5.41, 5.74) is 1.21. The van der Waals surface area contributed by atoms with E-state index in [1.807, 2.05) is 44.2 Å². The Bertz CT molecular complexity index is 694. The maximum absolute atomic E-state index is 12.6. The summed E-state index contributed by atoms with van der Waals surface area (Å²) in [6, 6.07) is 9.50. The molecule has 2 aromatic rings. The number of hydrogen-bond acceptors (Lipinski definition) is 5. The first-order chi connectivity index (χ1) is 11.5. The van der Waals surface area contributed by atoms with Crippen molar-refractivity contribution in [1.29, 1.82) is 0 Å². The Balaban J connectivity index is 2.16. The molecule has 1 aromatic carbocycles. The lowest BCUT2D eigenvalue weighted by Gasteiger charge is -2.15. The van der Waals surface area contributed by atoms with Gasteiger partial charge in [-0.1, -0.05) is 44.2 Å². The standard InChI is InChI=1S/C17H23N5O2/c1-12(2)16(23)9-10-18-17(24)15(22-13(3)19-20-21-22)11-14-7-5-4-6-8-14/h4-8,11-12,16,23H,9-10H2,1-3H3,(H,18,24). The number of rotatable bonds is 7. The molecule has 0 aliphatic rings. The number of carbonyl (C=O) groups excluding carboxylic acids is 1. The molecule has 1 heterocycles. The van der Waals surface area contributed by atoms with E-state index in [4.69, 9.17) is 0 Å². The van der Waals surface area contributed by atoms with Crippen LogP contribution >= 0.6 is 0 Å². The van der Waals surface area contributed by atoms with Gasteiger partial charge < -0.3 is 10.4 Å². The predicted molar refractivity (Wildman–Crippen MR) is 91.6 cm³/mol. The van der Waals surface area contributed by atoms with Crippen LogP contribution in [0.3, 0.4) is 0 Å². The number of carbonyl (C=O) groups is 1. The Kier molecular flexibility index (Phi) is 6.20. The van der Waals surface area contributed by atoms with Gasteiger partial charge in [0.2, 0.25) is 0 Å². The predicted octanol–water partition coefficient (Wildman–Crippen LogP) is 1.50. The van der Waals surface area contributed by atoms with E-state index >= 15 is 0 Å². The van der Waals surface area contributed by atoms with Crippen molar-refractivity contribution in [2.24, 2.45) is 5.92 Å². The maximum atomic E-state index is 12.6. The third-order valence-electron chi connectivity index (χ3n) is 3.68. The number of aromatic nitrogens is 4. The first-order valence-corrected chi connectivity index (χ1v) is 7.97. The van der Waals surface area contributed by atoms with Crippen molar-refractivity contribution in [1.82, 2.24) is 25.5 Å². The first-order valence-electron chi connectivity index (χ1n) is 7.97. The van der Waals surface area contributed by atoms with E-state index in [9.17, 15) is 9.90 Å². The van der Waals surface area contributed by atoms with E-state index in [2.05, 4.69) is 20.8 Å². The van der Waals surface area contributed by atoms with Crippen molar-refractivity contribution in [2.45, 2.75) is 33.3 Å². The monoisotopic (exact) mass is 329 g/mol. The van der Waals surface area contributed by atoms with Gasteiger partial charge in [-0.3, -0.25) is 4.79 Å². The smallest absolute Gasteiger partial charge is 0.270 e. The molecule has 0 saturated heterocycles. The summed E-state index contributed by atoms with van der Waals surface area (Å²) in [5, 5.41) is 24.0. The lowest BCUT2D eigenvalue weighted by molar-refractivity contribution is -0.116. The molecule has 0 bridgehead atoms. The van der Waals surface area contributed by atoms with Crippen LogP contribution in [-0.2, 0) is 4.79 Å². The lowest BCUT2D eigenvalue weighted by atomic mass is 10.0. The van der Waals surface area contributed by atoms with Crippen molar-refractivity contribution in [3.8, 4) is 0 Å². The molecule has 0 radical (unpaired) electrons. The Hall–Kier alpha value is -2.54. The zero-order valence-electron chi connectivity index (χ0n) is 14.2. The zero-order valence-corrected chi connectivity index (χ0v) is 14.2. The zero-order chi connectivity index (χ0) is 17.5. The molecule has 0 aliphatic carbocycles. The molecule has 2 N–H and O–H groups in total. The minimum Gasteiger partial charge on any atom is -0.393 e. The number of nitrogens with one attached hydrogen (secondary N) is 1. The van der Waals surface area contributed by atoms with Crippen molar-refractivity contribution >= 4 is 17.7 Å². The molecule has 0 saturated carbocycles. The van der Waals surface area contributed by atoms with Crippen LogP contribution in [-0.4, -0.2) is 43.9 Å². The average molecular weight is 329 g/mol. The molecule has 1 atom stereocenters. The van der Waals surface area contributed by atoms with Crippen LogP contribution in [0.5, 0.6) is 0 Å². The molecule has 0 fully saturated rings. The summed E-state index contributed by atoms with van der Waals surface area (Å²) in [6.45, 7) is 6.00. The summed E-state index contributed by atoms with van der Waals surface area (Å²) < 4.78 is 1.40. The largest absolute Gasteiger partial charge is 0.393 e. The lowest BCUT2D eigenvalue weighted by Crippen LogP contribution is -2.31. The molecule has 1 aromatic heterocycles. The summed E-state index contributed by atoms with van der Waals surface area (Å²) in [5.74, 6) is 0.391. The fourth-order valence-corrected chi connectivity index (χ4v) is 2.14. The number of nitrogens with zero attached hydrogens (tertiary/aromatic N) is 4. The quantitative estimate of drug-likeness (QED) is 0.751. The number of tetrazole rings is 1. The maximum Gasteiger partial charge on any atom is 0.270 e. The Morgan fingerprint density at radius 3 is 2.62 bits per heavy atom. The van der Waals surface area contributed by atoms with Gasteiger partial charge in [-0.15, -0.1) is 5.10 Å². The number of aliphatic hydroxyl groups is 1. The third kappa shape index (κ3) is 4.73. The number of aryl methyl sites for hydroxylation is 1. The van der Waals surface area contributed by atoms with E-state index in [0.29, 0.717) is 24.5 Å². The van der Waals surface area contributed by atoms with E-state index in [0.717, 1.165) is 5.56 Å². The molecule has 2 rings (SSSR count). The molecule has 7 nitrogen and oxygen atoms in total. The third-order valence-corrected chi connectivity index (χ3v) is 3.68. The topological polar surface area (TPSA) is 92.9 Å². The van der Waals surface area contributed by atoms with Crippen molar-refractivity contribution in [3.05, 3.63) is 41.7 Å². The van der Waals surface area contributed by atoms with E-state index in [-0.39, 0.29) is 11.8 Å². The summed E-state index contributed by atoms with van der Waals surface area (Å²) in [7, 11) is 0. The molecule has 0 aliphatic heterocycles. The minimum absolute atomic E-state index is 0.156. The van der Waals surface area contributed by atoms with Crippen LogP contribution in [0.2, 0.25) is 0 Å². The molecule has 0 spiro atoms. The van der Waals surface area contributed by atoms with Crippen LogP contribution in [0, 0.1) is 12.8 Å². The van der Waals surface area contributed by atoms with Gasteiger partial charge in [-0.2, -0.15) is 4.68 Å². The van der Waals surface area contributed by atoms with Crippen molar-refractivity contribution < 1.29 is 9.90 Å². The van der Waals surface area contributed by atoms with Gasteiger partial charge in [-0.05, 0) is 41.3 Å². The van der Waals surface area contributed by atoms with Crippen LogP contribution < -0.4 is 5.32 Å². The minimum atomic E-state index is -0.443. The van der Waals surface area contributed by atoms with Crippen LogP contribution in [0.1, 0.15) is 31.7 Å². The molecule has 1 amide bonds. The van der Waals surface area contributed by atoms with Gasteiger partial charge in [0, 0.05) is 6.54 Å². The summed E-state index contributed by atoms with van der Waals surface area (Å²) in [6.07, 6.45) is 1.79. The highest BCUT2D eigenvalue weighted by molar-refractivity contribution is 6.18. The van der Waals surface area contributed by atoms with E-state index in [1.165, 1.54) is 4.68 Å². The van der Waals surface area contributed by atoms with Crippen LogP contribution in [0.4, 0.5) is 0 Å². The number of amides is 1. The molecule has 24 heavy (non-hydrogen) atoms. The second kappa shape index (κ2) is 8.35. The highest BCUT2D eigenvalue weighted by Crippen LogP contribution is 2.12.